The number of rotatable bonds is 4. The van der Waals surface area contributed by atoms with Gasteiger partial charge >= 0.3 is 0 Å². The van der Waals surface area contributed by atoms with Gasteiger partial charge in [0.1, 0.15) is 11.9 Å². The Morgan fingerprint density at radius 2 is 1.25 bits per heavy atom. The van der Waals surface area contributed by atoms with Crippen molar-refractivity contribution in [1.29, 1.82) is 0 Å². The van der Waals surface area contributed by atoms with E-state index in [1.54, 1.807) is 55.5 Å². The second kappa shape index (κ2) is 12.5. The fraction of sp³-hybridized carbons (Fsp3) is 0.333. The molecule has 0 atom stereocenters. The topological polar surface area (TPSA) is 121 Å². The molecule has 0 aliphatic rings. The smallest absolute Gasteiger partial charge is 0.189 e. The van der Waals surface area contributed by atoms with Crippen LogP contribution in [0.15, 0.2) is 60.7 Å². The van der Waals surface area contributed by atoms with Crippen LogP contribution in [-0.2, 0) is 5.79 Å². The number of phenolic OH excluding ortho intramolecular Hbond substituents is 1. The van der Waals surface area contributed by atoms with Gasteiger partial charge in [-0.25, -0.2) is 0 Å². The van der Waals surface area contributed by atoms with E-state index in [9.17, 15) is 10.2 Å². The molecule has 2 aromatic rings. The standard InChI is InChI=1S/C9H12O2.C6H6O.C3H8O3/c1-2-9(10,11)8-6-4-3-5-7-8;7-6-4-2-1-3-5-6;4-1-3(6)2-5/h3-7,10-11H,2H2,1H3;1-5,7H;3-6H,1-2H2. The highest BCUT2D eigenvalue weighted by Crippen LogP contribution is 2.20. The van der Waals surface area contributed by atoms with Crippen LogP contribution in [0.1, 0.15) is 18.9 Å². The molecule has 0 spiro atoms. The Morgan fingerprint density at radius 3 is 1.50 bits per heavy atom. The van der Waals surface area contributed by atoms with Crippen molar-refractivity contribution in [2.24, 2.45) is 0 Å². The van der Waals surface area contributed by atoms with Crippen molar-refractivity contribution in [3.63, 3.8) is 0 Å². The Balaban J connectivity index is 0.000000353. The maximum absolute atomic E-state index is 9.35. The first-order chi connectivity index (χ1) is 11.4. The number of aromatic hydroxyl groups is 1. The van der Waals surface area contributed by atoms with E-state index >= 15 is 0 Å². The highest BCUT2D eigenvalue weighted by atomic mass is 16.5. The van der Waals surface area contributed by atoms with E-state index in [1.807, 2.05) is 12.1 Å². The highest BCUT2D eigenvalue weighted by molar-refractivity contribution is 5.19. The molecule has 2 aromatic carbocycles. The van der Waals surface area contributed by atoms with Crippen molar-refractivity contribution in [3.05, 3.63) is 66.2 Å². The van der Waals surface area contributed by atoms with Gasteiger partial charge in [0.25, 0.3) is 0 Å². The number of aliphatic hydroxyl groups is 5. The van der Waals surface area contributed by atoms with Crippen LogP contribution in [0.25, 0.3) is 0 Å². The van der Waals surface area contributed by atoms with Gasteiger partial charge in [0.2, 0.25) is 0 Å². The minimum Gasteiger partial charge on any atom is -0.508 e. The summed E-state index contributed by atoms with van der Waals surface area (Å²) in [4.78, 5) is 0. The van der Waals surface area contributed by atoms with Gasteiger partial charge in [-0.15, -0.1) is 0 Å². The summed E-state index contributed by atoms with van der Waals surface area (Å²) in [7, 11) is 0. The van der Waals surface area contributed by atoms with Crippen LogP contribution >= 0.6 is 0 Å². The second-order valence-corrected chi connectivity index (χ2v) is 4.89. The minimum atomic E-state index is -1.67. The molecule has 0 heterocycles. The lowest BCUT2D eigenvalue weighted by Crippen LogP contribution is -2.23. The van der Waals surface area contributed by atoms with Gasteiger partial charge in [0, 0.05) is 12.0 Å². The lowest BCUT2D eigenvalue weighted by molar-refractivity contribution is -0.171. The summed E-state index contributed by atoms with van der Waals surface area (Å²) < 4.78 is 0. The van der Waals surface area contributed by atoms with E-state index in [0.717, 1.165) is 0 Å². The van der Waals surface area contributed by atoms with Gasteiger partial charge in [0.15, 0.2) is 5.79 Å². The lowest BCUT2D eigenvalue weighted by Gasteiger charge is -2.19. The van der Waals surface area contributed by atoms with Gasteiger partial charge < -0.3 is 30.6 Å². The Hall–Kier alpha value is -1.96. The van der Waals surface area contributed by atoms with Crippen LogP contribution in [0.3, 0.4) is 0 Å². The van der Waals surface area contributed by atoms with Crippen molar-refractivity contribution in [2.75, 3.05) is 13.2 Å². The minimum absolute atomic E-state index is 0.303. The molecule has 0 amide bonds. The summed E-state index contributed by atoms with van der Waals surface area (Å²) in [6, 6.07) is 17.5. The van der Waals surface area contributed by atoms with Crippen molar-refractivity contribution in [2.45, 2.75) is 25.2 Å². The first-order valence-electron chi connectivity index (χ1n) is 7.51. The number of hydrogen-bond donors (Lipinski definition) is 6. The Kier molecular flexibility index (Phi) is 11.4. The SMILES string of the molecule is CCC(O)(O)c1ccccc1.OCC(O)CO.Oc1ccccc1. The molecule has 0 unspecified atom stereocenters. The molecule has 0 aromatic heterocycles. The van der Waals surface area contributed by atoms with Gasteiger partial charge in [-0.2, -0.15) is 0 Å². The van der Waals surface area contributed by atoms with Gasteiger partial charge in [-0.1, -0.05) is 55.5 Å². The van der Waals surface area contributed by atoms with E-state index in [4.69, 9.17) is 20.4 Å². The molecule has 134 valence electrons. The molecule has 6 heteroatoms. The Bertz CT molecular complexity index is 512. The molecule has 0 aliphatic heterocycles. The van der Waals surface area contributed by atoms with Crippen molar-refractivity contribution >= 4 is 0 Å². The fourth-order valence-electron chi connectivity index (χ4n) is 1.39. The zero-order chi connectivity index (χ0) is 18.4. The Morgan fingerprint density at radius 1 is 0.833 bits per heavy atom. The van der Waals surface area contributed by atoms with Crippen molar-refractivity contribution in [3.8, 4) is 5.75 Å². The molecular formula is C18H26O6. The van der Waals surface area contributed by atoms with Gasteiger partial charge in [0.05, 0.1) is 13.2 Å². The van der Waals surface area contributed by atoms with Crippen LogP contribution < -0.4 is 0 Å². The monoisotopic (exact) mass is 338 g/mol. The zero-order valence-corrected chi connectivity index (χ0v) is 13.7. The third kappa shape index (κ3) is 9.94. The van der Waals surface area contributed by atoms with E-state index in [-0.39, 0.29) is 13.2 Å². The van der Waals surface area contributed by atoms with Gasteiger partial charge in [-0.05, 0) is 12.1 Å². The molecule has 0 fully saturated rings. The molecule has 0 aliphatic carbocycles. The predicted octanol–water partition coefficient (Wildman–Crippen LogP) is 0.958. The average molecular weight is 338 g/mol. The number of aliphatic hydroxyl groups excluding tert-OH is 3. The third-order valence-electron chi connectivity index (χ3n) is 2.91. The van der Waals surface area contributed by atoms with E-state index in [0.29, 0.717) is 17.7 Å². The number of benzene rings is 2. The van der Waals surface area contributed by atoms with Crippen LogP contribution in [-0.4, -0.2) is 50.0 Å². The largest absolute Gasteiger partial charge is 0.508 e. The van der Waals surface area contributed by atoms with E-state index in [2.05, 4.69) is 0 Å². The van der Waals surface area contributed by atoms with Crippen LogP contribution in [0, 0.1) is 0 Å². The van der Waals surface area contributed by atoms with E-state index < -0.39 is 11.9 Å². The highest BCUT2D eigenvalue weighted by Gasteiger charge is 2.21. The first-order valence-corrected chi connectivity index (χ1v) is 7.51. The molecule has 0 bridgehead atoms. The zero-order valence-electron chi connectivity index (χ0n) is 13.7. The molecule has 0 radical (unpaired) electrons. The summed E-state index contributed by atoms with van der Waals surface area (Å²) in [5, 5.41) is 51.3. The summed E-state index contributed by atoms with van der Waals surface area (Å²) >= 11 is 0. The maximum Gasteiger partial charge on any atom is 0.189 e. The maximum atomic E-state index is 9.35. The molecule has 6 N–H and O–H groups in total. The molecule has 2 rings (SSSR count). The number of hydrogen-bond acceptors (Lipinski definition) is 6. The molecule has 0 saturated carbocycles. The average Bonchev–Trinajstić information content (AvgIpc) is 2.63. The van der Waals surface area contributed by atoms with Gasteiger partial charge in [-0.3, -0.25) is 0 Å². The summed E-state index contributed by atoms with van der Waals surface area (Å²) in [5.74, 6) is -1.34. The predicted molar refractivity (Wildman–Crippen MR) is 91.1 cm³/mol. The molecular weight excluding hydrogens is 312 g/mol. The second-order valence-electron chi connectivity index (χ2n) is 4.89. The summed E-state index contributed by atoms with van der Waals surface area (Å²) in [6.07, 6.45) is -0.651. The molecule has 6 nitrogen and oxygen atoms in total. The molecule has 24 heavy (non-hydrogen) atoms. The Labute approximate surface area is 141 Å². The quantitative estimate of drug-likeness (QED) is 0.462. The van der Waals surface area contributed by atoms with Crippen molar-refractivity contribution < 1.29 is 30.6 Å². The first kappa shape index (κ1) is 22.0. The normalized spacial score (nSPS) is 10.3. The van der Waals surface area contributed by atoms with Crippen LogP contribution in [0.4, 0.5) is 0 Å². The third-order valence-corrected chi connectivity index (χ3v) is 2.91. The number of phenols is 1. The number of para-hydroxylation sites is 1. The van der Waals surface area contributed by atoms with Crippen LogP contribution in [0.2, 0.25) is 0 Å². The molecule has 0 saturated heterocycles. The lowest BCUT2D eigenvalue weighted by atomic mass is 10.0. The fourth-order valence-corrected chi connectivity index (χ4v) is 1.39. The summed E-state index contributed by atoms with van der Waals surface area (Å²) in [6.45, 7) is 1.00. The summed E-state index contributed by atoms with van der Waals surface area (Å²) in [5.41, 5.74) is 0.544. The van der Waals surface area contributed by atoms with Crippen molar-refractivity contribution in [1.82, 2.24) is 0 Å². The van der Waals surface area contributed by atoms with Crippen LogP contribution in [0.5, 0.6) is 5.75 Å². The van der Waals surface area contributed by atoms with E-state index in [1.165, 1.54) is 0 Å².